The molecule has 0 aliphatic heterocycles. The molecule has 6 nitrogen and oxygen atoms in total. The minimum absolute atomic E-state index is 0.00842. The number of methoxy groups -OCH3 is 1. The number of anilines is 1. The van der Waals surface area contributed by atoms with Crippen molar-refractivity contribution >= 4 is 29.3 Å². The van der Waals surface area contributed by atoms with Crippen LogP contribution in [0.3, 0.4) is 0 Å². The molecule has 0 radical (unpaired) electrons. The number of ether oxygens (including phenoxy) is 1. The van der Waals surface area contributed by atoms with Gasteiger partial charge in [0.1, 0.15) is 10.8 Å². The van der Waals surface area contributed by atoms with E-state index >= 15 is 0 Å². The lowest BCUT2D eigenvalue weighted by Gasteiger charge is -2.05. The first kappa shape index (κ1) is 18.6. The summed E-state index contributed by atoms with van der Waals surface area (Å²) in [6.45, 7) is 0. The number of nitrogens with one attached hydrogen (secondary N) is 1. The topological polar surface area (TPSA) is 81.2 Å². The fraction of sp³-hybridized carbons (Fsp3) is 0.100. The van der Waals surface area contributed by atoms with Crippen molar-refractivity contribution in [1.29, 1.82) is 0 Å². The van der Waals surface area contributed by atoms with Crippen molar-refractivity contribution in [3.63, 3.8) is 0 Å². The molecule has 0 fully saturated rings. The quantitative estimate of drug-likeness (QED) is 0.498. The van der Waals surface area contributed by atoms with E-state index in [1.165, 1.54) is 11.8 Å². The van der Waals surface area contributed by atoms with Crippen molar-refractivity contribution < 1.29 is 14.3 Å². The maximum absolute atomic E-state index is 12.2. The third-order valence-electron chi connectivity index (χ3n) is 3.68. The molecule has 2 aromatic carbocycles. The van der Waals surface area contributed by atoms with Crippen LogP contribution in [0.25, 0.3) is 0 Å². The number of carbonyl (C=O) groups is 2. The van der Waals surface area contributed by atoms with Gasteiger partial charge in [-0.2, -0.15) is 0 Å². The normalized spacial score (nSPS) is 10.3. The van der Waals surface area contributed by atoms with E-state index in [0.29, 0.717) is 27.7 Å². The zero-order valence-electron chi connectivity index (χ0n) is 14.6. The van der Waals surface area contributed by atoms with E-state index in [-0.39, 0.29) is 17.4 Å². The average Bonchev–Trinajstić information content (AvgIpc) is 2.73. The molecule has 0 saturated carbocycles. The summed E-state index contributed by atoms with van der Waals surface area (Å²) < 4.78 is 5.08. The van der Waals surface area contributed by atoms with E-state index in [9.17, 15) is 9.59 Å². The lowest BCUT2D eigenvalue weighted by Crippen LogP contribution is -2.13. The second-order valence-corrected chi connectivity index (χ2v) is 6.51. The largest absolute Gasteiger partial charge is 0.497 e. The lowest BCUT2D eigenvalue weighted by molar-refractivity contribution is 0.101. The Kier molecular flexibility index (Phi) is 6.17. The molecule has 0 unspecified atom stereocenters. The van der Waals surface area contributed by atoms with Crippen molar-refractivity contribution in [3.8, 4) is 5.75 Å². The van der Waals surface area contributed by atoms with Crippen LogP contribution in [0.4, 0.5) is 5.82 Å². The molecule has 27 heavy (non-hydrogen) atoms. The molecule has 1 amide bonds. The van der Waals surface area contributed by atoms with Crippen LogP contribution in [-0.4, -0.2) is 34.8 Å². The monoisotopic (exact) mass is 379 g/mol. The van der Waals surface area contributed by atoms with Crippen molar-refractivity contribution in [2.24, 2.45) is 0 Å². The molecular formula is C20H17N3O3S. The molecule has 0 atom stereocenters. The zero-order chi connectivity index (χ0) is 19.1. The van der Waals surface area contributed by atoms with Gasteiger partial charge in [0.15, 0.2) is 11.6 Å². The summed E-state index contributed by atoms with van der Waals surface area (Å²) in [5.74, 6) is 1.05. The van der Waals surface area contributed by atoms with Crippen molar-refractivity contribution in [1.82, 2.24) is 10.2 Å². The third kappa shape index (κ3) is 5.15. The fourth-order valence-electron chi connectivity index (χ4n) is 2.24. The molecule has 3 rings (SSSR count). The third-order valence-corrected chi connectivity index (χ3v) is 4.60. The highest BCUT2D eigenvalue weighted by molar-refractivity contribution is 7.99. The highest BCUT2D eigenvalue weighted by atomic mass is 32.2. The summed E-state index contributed by atoms with van der Waals surface area (Å²) in [5.41, 5.74) is 1.16. The van der Waals surface area contributed by atoms with E-state index in [1.807, 2.05) is 6.07 Å². The maximum atomic E-state index is 12.2. The molecule has 0 aliphatic carbocycles. The number of aromatic nitrogens is 2. The molecule has 0 bridgehead atoms. The molecule has 3 aromatic rings. The van der Waals surface area contributed by atoms with Crippen LogP contribution in [0.1, 0.15) is 20.7 Å². The first-order valence-electron chi connectivity index (χ1n) is 8.16. The number of nitrogens with zero attached hydrogens (tertiary/aromatic N) is 2. The number of amides is 1. The van der Waals surface area contributed by atoms with Crippen LogP contribution in [0.5, 0.6) is 5.75 Å². The summed E-state index contributed by atoms with van der Waals surface area (Å²) in [6, 6.07) is 19.2. The summed E-state index contributed by atoms with van der Waals surface area (Å²) in [5, 5.41) is 11.3. The molecule has 1 heterocycles. The van der Waals surface area contributed by atoms with Crippen LogP contribution >= 0.6 is 11.8 Å². The predicted octanol–water partition coefficient (Wildman–Crippen LogP) is 3.71. The lowest BCUT2D eigenvalue weighted by atomic mass is 10.1. The number of ketones is 1. The maximum Gasteiger partial charge on any atom is 0.256 e. The first-order valence-corrected chi connectivity index (χ1v) is 9.14. The van der Waals surface area contributed by atoms with Gasteiger partial charge in [-0.3, -0.25) is 9.59 Å². The molecule has 0 saturated heterocycles. The number of rotatable bonds is 7. The zero-order valence-corrected chi connectivity index (χ0v) is 15.4. The fourth-order valence-corrected chi connectivity index (χ4v) is 2.95. The SMILES string of the molecule is COc1ccc(C(=O)CSc2ccc(NC(=O)c3ccccc3)nn2)cc1. The Hall–Kier alpha value is -3.19. The molecule has 0 aliphatic rings. The highest BCUT2D eigenvalue weighted by Crippen LogP contribution is 2.19. The Morgan fingerprint density at radius 1 is 0.926 bits per heavy atom. The van der Waals surface area contributed by atoms with E-state index < -0.39 is 0 Å². The van der Waals surface area contributed by atoms with Crippen molar-refractivity contribution in [2.45, 2.75) is 5.03 Å². The van der Waals surface area contributed by atoms with Crippen molar-refractivity contribution in [3.05, 3.63) is 77.9 Å². The second kappa shape index (κ2) is 8.95. The molecule has 1 N–H and O–H groups in total. The van der Waals surface area contributed by atoms with Gasteiger partial charge < -0.3 is 10.1 Å². The summed E-state index contributed by atoms with van der Waals surface area (Å²) in [6.07, 6.45) is 0. The Bertz CT molecular complexity index is 913. The molecule has 0 spiro atoms. The van der Waals surface area contributed by atoms with Gasteiger partial charge in [0.2, 0.25) is 0 Å². The van der Waals surface area contributed by atoms with Crippen LogP contribution in [0, 0.1) is 0 Å². The number of carbonyl (C=O) groups excluding carboxylic acids is 2. The summed E-state index contributed by atoms with van der Waals surface area (Å²) in [4.78, 5) is 24.3. The predicted molar refractivity (Wildman–Crippen MR) is 104 cm³/mol. The Morgan fingerprint density at radius 2 is 1.67 bits per heavy atom. The molecule has 1 aromatic heterocycles. The highest BCUT2D eigenvalue weighted by Gasteiger charge is 2.09. The van der Waals surface area contributed by atoms with Crippen LogP contribution in [0.15, 0.2) is 71.8 Å². The summed E-state index contributed by atoms with van der Waals surface area (Å²) >= 11 is 1.29. The number of hydrogen-bond acceptors (Lipinski definition) is 6. The standard InChI is InChI=1S/C20H17N3O3S/c1-26-16-9-7-14(8-10-16)17(24)13-27-19-12-11-18(22-23-19)21-20(25)15-5-3-2-4-6-15/h2-12H,13H2,1H3,(H,21,22,25). The smallest absolute Gasteiger partial charge is 0.256 e. The first-order chi connectivity index (χ1) is 13.2. The number of hydrogen-bond donors (Lipinski definition) is 1. The van der Waals surface area contributed by atoms with Gasteiger partial charge in [-0.15, -0.1) is 10.2 Å². The van der Waals surface area contributed by atoms with Crippen LogP contribution in [0.2, 0.25) is 0 Å². The Labute approximate surface area is 161 Å². The minimum Gasteiger partial charge on any atom is -0.497 e. The van der Waals surface area contributed by atoms with Crippen LogP contribution in [-0.2, 0) is 0 Å². The van der Waals surface area contributed by atoms with Crippen LogP contribution < -0.4 is 10.1 Å². The van der Waals surface area contributed by atoms with Gasteiger partial charge in [-0.1, -0.05) is 30.0 Å². The van der Waals surface area contributed by atoms with Gasteiger partial charge >= 0.3 is 0 Å². The van der Waals surface area contributed by atoms with Crippen molar-refractivity contribution in [2.75, 3.05) is 18.2 Å². The number of benzene rings is 2. The molecule has 7 heteroatoms. The van der Waals surface area contributed by atoms with E-state index in [4.69, 9.17) is 4.74 Å². The minimum atomic E-state index is -0.250. The van der Waals surface area contributed by atoms with Gasteiger partial charge in [-0.05, 0) is 48.5 Å². The van der Waals surface area contributed by atoms with E-state index in [0.717, 1.165) is 0 Å². The molecule has 136 valence electrons. The van der Waals surface area contributed by atoms with Gasteiger partial charge in [-0.25, -0.2) is 0 Å². The number of thioether (sulfide) groups is 1. The second-order valence-electron chi connectivity index (χ2n) is 5.52. The van der Waals surface area contributed by atoms with Gasteiger partial charge in [0, 0.05) is 11.1 Å². The van der Waals surface area contributed by atoms with Gasteiger partial charge in [0.05, 0.1) is 12.9 Å². The van der Waals surface area contributed by atoms with Gasteiger partial charge in [0.25, 0.3) is 5.91 Å². The summed E-state index contributed by atoms with van der Waals surface area (Å²) in [7, 11) is 1.58. The Balaban J connectivity index is 1.54. The average molecular weight is 379 g/mol. The van der Waals surface area contributed by atoms with E-state index in [1.54, 1.807) is 67.8 Å². The van der Waals surface area contributed by atoms with E-state index in [2.05, 4.69) is 15.5 Å². The Morgan fingerprint density at radius 3 is 2.30 bits per heavy atom. The number of Topliss-reactive ketones (excluding diaryl/α,β-unsaturated/α-hetero) is 1. The molecular weight excluding hydrogens is 362 g/mol.